The van der Waals surface area contributed by atoms with Crippen molar-refractivity contribution in [1.29, 1.82) is 0 Å². The molecule has 2 atom stereocenters. The van der Waals surface area contributed by atoms with Crippen LogP contribution in [-0.4, -0.2) is 48.1 Å². The van der Waals surface area contributed by atoms with Crippen LogP contribution in [-0.2, 0) is 0 Å². The second kappa shape index (κ2) is 5.13. The lowest BCUT2D eigenvalue weighted by molar-refractivity contribution is 0.0609. The molecule has 2 nitrogen and oxygen atoms in total. The zero-order chi connectivity index (χ0) is 10.7. The summed E-state index contributed by atoms with van der Waals surface area (Å²) in [5.74, 6) is 0. The van der Waals surface area contributed by atoms with Gasteiger partial charge in [0, 0.05) is 31.7 Å². The van der Waals surface area contributed by atoms with E-state index in [0.717, 1.165) is 12.1 Å². The van der Waals surface area contributed by atoms with Gasteiger partial charge >= 0.3 is 0 Å². The molecule has 0 aromatic carbocycles. The smallest absolute Gasteiger partial charge is 0.0224 e. The minimum atomic E-state index is 0.754. The first-order chi connectivity index (χ1) is 7.31. The van der Waals surface area contributed by atoms with Gasteiger partial charge in [-0.15, -0.1) is 0 Å². The summed E-state index contributed by atoms with van der Waals surface area (Å²) in [6.45, 7) is 9.68. The number of hydrogen-bond donors (Lipinski definition) is 0. The maximum absolute atomic E-state index is 2.69. The number of piperazine rings is 1. The van der Waals surface area contributed by atoms with E-state index in [9.17, 15) is 0 Å². The van der Waals surface area contributed by atoms with Crippen LogP contribution >= 0.6 is 0 Å². The predicted molar refractivity (Wildman–Crippen MR) is 65.1 cm³/mol. The summed E-state index contributed by atoms with van der Waals surface area (Å²) in [5.41, 5.74) is 0. The molecular weight excluding hydrogens is 184 g/mol. The van der Waals surface area contributed by atoms with Gasteiger partial charge < -0.3 is 0 Å². The molecule has 0 radical (unpaired) electrons. The Morgan fingerprint density at radius 3 is 3.00 bits per heavy atom. The SMILES string of the molecule is C/C=C/CCN1CC2CCCN2CC1C. The van der Waals surface area contributed by atoms with Gasteiger partial charge in [0.2, 0.25) is 0 Å². The summed E-state index contributed by atoms with van der Waals surface area (Å²) in [7, 11) is 0. The summed E-state index contributed by atoms with van der Waals surface area (Å²) in [5, 5.41) is 0. The molecule has 0 aromatic rings. The molecule has 86 valence electrons. The monoisotopic (exact) mass is 208 g/mol. The van der Waals surface area contributed by atoms with E-state index in [2.05, 4.69) is 35.8 Å². The van der Waals surface area contributed by atoms with Crippen molar-refractivity contribution in [3.8, 4) is 0 Å². The third kappa shape index (κ3) is 2.61. The molecule has 0 amide bonds. The van der Waals surface area contributed by atoms with Crippen molar-refractivity contribution in [3.63, 3.8) is 0 Å². The summed E-state index contributed by atoms with van der Waals surface area (Å²) < 4.78 is 0. The summed E-state index contributed by atoms with van der Waals surface area (Å²) in [4.78, 5) is 5.36. The first-order valence-electron chi connectivity index (χ1n) is 6.40. The van der Waals surface area contributed by atoms with Gasteiger partial charge in [-0.3, -0.25) is 9.80 Å². The molecule has 2 rings (SSSR count). The fourth-order valence-corrected chi connectivity index (χ4v) is 2.97. The van der Waals surface area contributed by atoms with Crippen LogP contribution in [0.1, 0.15) is 33.1 Å². The highest BCUT2D eigenvalue weighted by Crippen LogP contribution is 2.24. The van der Waals surface area contributed by atoms with Crippen molar-refractivity contribution >= 4 is 0 Å². The number of rotatable bonds is 3. The summed E-state index contributed by atoms with van der Waals surface area (Å²) in [6, 6.07) is 1.62. The van der Waals surface area contributed by atoms with Crippen LogP contribution in [0.4, 0.5) is 0 Å². The van der Waals surface area contributed by atoms with Crippen LogP contribution in [0.5, 0.6) is 0 Å². The second-order valence-electron chi connectivity index (χ2n) is 4.99. The van der Waals surface area contributed by atoms with E-state index in [1.807, 2.05) is 0 Å². The predicted octanol–water partition coefficient (Wildman–Crippen LogP) is 2.12. The first kappa shape index (κ1) is 11.2. The van der Waals surface area contributed by atoms with E-state index < -0.39 is 0 Å². The number of hydrogen-bond acceptors (Lipinski definition) is 2. The van der Waals surface area contributed by atoms with Crippen molar-refractivity contribution in [3.05, 3.63) is 12.2 Å². The molecule has 2 heteroatoms. The van der Waals surface area contributed by atoms with Gasteiger partial charge in [-0.05, 0) is 39.7 Å². The van der Waals surface area contributed by atoms with Crippen LogP contribution in [0, 0.1) is 0 Å². The molecule has 2 heterocycles. The summed E-state index contributed by atoms with van der Waals surface area (Å²) >= 11 is 0. The van der Waals surface area contributed by atoms with Crippen LogP contribution in [0.15, 0.2) is 12.2 Å². The number of fused-ring (bicyclic) bond motifs is 1. The molecule has 0 N–H and O–H groups in total. The highest BCUT2D eigenvalue weighted by Gasteiger charge is 2.33. The lowest BCUT2D eigenvalue weighted by Crippen LogP contribution is -2.54. The highest BCUT2D eigenvalue weighted by molar-refractivity contribution is 4.91. The average molecular weight is 208 g/mol. The van der Waals surface area contributed by atoms with Gasteiger partial charge in [0.25, 0.3) is 0 Å². The Kier molecular flexibility index (Phi) is 3.81. The molecule has 2 unspecified atom stereocenters. The molecule has 2 fully saturated rings. The molecule has 0 aliphatic carbocycles. The topological polar surface area (TPSA) is 6.48 Å². The minimum absolute atomic E-state index is 0.754. The quantitative estimate of drug-likeness (QED) is 0.656. The number of nitrogens with zero attached hydrogens (tertiary/aromatic N) is 2. The van der Waals surface area contributed by atoms with E-state index in [0.29, 0.717) is 0 Å². The van der Waals surface area contributed by atoms with Gasteiger partial charge in [0.05, 0.1) is 0 Å². The van der Waals surface area contributed by atoms with Crippen molar-refractivity contribution in [2.75, 3.05) is 26.2 Å². The largest absolute Gasteiger partial charge is 0.298 e. The molecular formula is C13H24N2. The van der Waals surface area contributed by atoms with Gasteiger partial charge in [-0.1, -0.05) is 12.2 Å². The van der Waals surface area contributed by atoms with Crippen LogP contribution < -0.4 is 0 Å². The fraction of sp³-hybridized carbons (Fsp3) is 0.846. The third-order valence-corrected chi connectivity index (χ3v) is 3.89. The van der Waals surface area contributed by atoms with Gasteiger partial charge in [0.1, 0.15) is 0 Å². The molecule has 0 bridgehead atoms. The normalized spacial score (nSPS) is 33.7. The highest BCUT2D eigenvalue weighted by atomic mass is 15.3. The fourth-order valence-electron chi connectivity index (χ4n) is 2.97. The van der Waals surface area contributed by atoms with Gasteiger partial charge in [-0.25, -0.2) is 0 Å². The Balaban J connectivity index is 1.84. The van der Waals surface area contributed by atoms with Crippen molar-refractivity contribution in [2.24, 2.45) is 0 Å². The maximum Gasteiger partial charge on any atom is 0.0224 e. The lowest BCUT2D eigenvalue weighted by atomic mass is 10.1. The van der Waals surface area contributed by atoms with Crippen molar-refractivity contribution in [2.45, 2.75) is 45.2 Å². The number of allylic oxidation sites excluding steroid dienone is 1. The van der Waals surface area contributed by atoms with Crippen molar-refractivity contribution in [1.82, 2.24) is 9.80 Å². The van der Waals surface area contributed by atoms with E-state index in [-0.39, 0.29) is 0 Å². The Hall–Kier alpha value is -0.340. The molecule has 2 aliphatic rings. The van der Waals surface area contributed by atoms with E-state index in [1.165, 1.54) is 45.4 Å². The Labute approximate surface area is 93.9 Å². The Bertz CT molecular complexity index is 225. The van der Waals surface area contributed by atoms with Gasteiger partial charge in [0.15, 0.2) is 0 Å². The molecule has 0 spiro atoms. The van der Waals surface area contributed by atoms with E-state index in [4.69, 9.17) is 0 Å². The maximum atomic E-state index is 2.69. The minimum Gasteiger partial charge on any atom is -0.298 e. The van der Waals surface area contributed by atoms with Crippen LogP contribution in [0.25, 0.3) is 0 Å². The third-order valence-electron chi connectivity index (χ3n) is 3.89. The summed E-state index contributed by atoms with van der Waals surface area (Å²) in [6.07, 6.45) is 8.50. The van der Waals surface area contributed by atoms with E-state index >= 15 is 0 Å². The molecule has 2 aliphatic heterocycles. The zero-order valence-corrected chi connectivity index (χ0v) is 10.2. The second-order valence-corrected chi connectivity index (χ2v) is 4.99. The molecule has 2 saturated heterocycles. The molecule has 0 saturated carbocycles. The lowest BCUT2D eigenvalue weighted by Gasteiger charge is -2.42. The van der Waals surface area contributed by atoms with Crippen LogP contribution in [0.2, 0.25) is 0 Å². The Morgan fingerprint density at radius 1 is 1.33 bits per heavy atom. The Morgan fingerprint density at radius 2 is 2.20 bits per heavy atom. The zero-order valence-electron chi connectivity index (χ0n) is 10.2. The average Bonchev–Trinajstić information content (AvgIpc) is 2.65. The van der Waals surface area contributed by atoms with Crippen LogP contribution in [0.3, 0.4) is 0 Å². The molecule has 0 aromatic heterocycles. The molecule has 15 heavy (non-hydrogen) atoms. The first-order valence-corrected chi connectivity index (χ1v) is 6.40. The van der Waals surface area contributed by atoms with E-state index in [1.54, 1.807) is 0 Å². The van der Waals surface area contributed by atoms with Gasteiger partial charge in [-0.2, -0.15) is 0 Å². The standard InChI is InChI=1S/C13H24N2/c1-3-4-5-8-14-11-13-7-6-9-15(13)10-12(14)2/h3-4,12-13H,5-11H2,1-2H3/b4-3+. The van der Waals surface area contributed by atoms with Crippen molar-refractivity contribution < 1.29 is 0 Å².